The maximum absolute atomic E-state index is 12.6. The molecule has 0 heterocycles. The molecular formula is C19H23ClN2O3S. The zero-order valence-electron chi connectivity index (χ0n) is 15.0. The summed E-state index contributed by atoms with van der Waals surface area (Å²) in [5, 5.41) is 3.04. The average Bonchev–Trinajstić information content (AvgIpc) is 2.56. The Morgan fingerprint density at radius 3 is 2.50 bits per heavy atom. The van der Waals surface area contributed by atoms with Crippen LogP contribution in [0.3, 0.4) is 0 Å². The highest BCUT2D eigenvalue weighted by Gasteiger charge is 2.19. The highest BCUT2D eigenvalue weighted by Crippen LogP contribution is 2.26. The second-order valence-corrected chi connectivity index (χ2v) is 8.56. The Bertz CT molecular complexity index is 895. The summed E-state index contributed by atoms with van der Waals surface area (Å²) in [4.78, 5) is 12.4. The zero-order chi connectivity index (χ0) is 19.3. The first kappa shape index (κ1) is 20.3. The first-order valence-corrected chi connectivity index (χ1v) is 10.2. The molecule has 2 N–H and O–H groups in total. The zero-order valence-corrected chi connectivity index (χ0v) is 16.6. The molecule has 0 saturated heterocycles. The lowest BCUT2D eigenvalue weighted by molar-refractivity contribution is 0.0952. The van der Waals surface area contributed by atoms with Crippen molar-refractivity contribution in [2.75, 3.05) is 11.3 Å². The van der Waals surface area contributed by atoms with E-state index in [2.05, 4.69) is 23.9 Å². The number of nitrogens with one attached hydrogen (secondary N) is 2. The molecule has 0 unspecified atom stereocenters. The average molecular weight is 395 g/mol. The van der Waals surface area contributed by atoms with Crippen LogP contribution < -0.4 is 10.0 Å². The van der Waals surface area contributed by atoms with Crippen molar-refractivity contribution < 1.29 is 13.2 Å². The van der Waals surface area contributed by atoms with E-state index in [1.54, 1.807) is 31.2 Å². The van der Waals surface area contributed by atoms with Crippen molar-refractivity contribution in [1.82, 2.24) is 5.32 Å². The maximum Gasteiger partial charge on any atom is 0.262 e. The quantitative estimate of drug-likeness (QED) is 0.738. The van der Waals surface area contributed by atoms with Crippen LogP contribution in [0, 0.1) is 12.8 Å². The van der Waals surface area contributed by atoms with Crippen molar-refractivity contribution in [3.05, 3.63) is 58.6 Å². The van der Waals surface area contributed by atoms with Crippen LogP contribution in [0.2, 0.25) is 5.02 Å². The fourth-order valence-electron chi connectivity index (χ4n) is 2.38. The number of halogens is 1. The van der Waals surface area contributed by atoms with E-state index in [9.17, 15) is 13.2 Å². The van der Waals surface area contributed by atoms with E-state index in [4.69, 9.17) is 11.6 Å². The van der Waals surface area contributed by atoms with Gasteiger partial charge in [-0.2, -0.15) is 0 Å². The fourth-order valence-corrected chi connectivity index (χ4v) is 3.92. The minimum Gasteiger partial charge on any atom is -0.352 e. The minimum absolute atomic E-state index is 0.169. The van der Waals surface area contributed by atoms with Crippen LogP contribution in [0.5, 0.6) is 0 Å². The number of hydrogen-bond acceptors (Lipinski definition) is 3. The number of anilines is 1. The van der Waals surface area contributed by atoms with Crippen molar-refractivity contribution in [3.8, 4) is 0 Å². The summed E-state index contributed by atoms with van der Waals surface area (Å²) in [5.74, 6) is 0.218. The van der Waals surface area contributed by atoms with Gasteiger partial charge in [0.25, 0.3) is 15.9 Å². The van der Waals surface area contributed by atoms with Crippen LogP contribution in [0.25, 0.3) is 0 Å². The van der Waals surface area contributed by atoms with Gasteiger partial charge < -0.3 is 5.32 Å². The van der Waals surface area contributed by atoms with E-state index >= 15 is 0 Å². The molecular weight excluding hydrogens is 372 g/mol. The SMILES string of the molecule is Cc1ccccc1S(=O)(=O)Nc1cc(C(=O)NCCC(C)C)ccc1Cl. The van der Waals surface area contributed by atoms with Gasteiger partial charge in [0.15, 0.2) is 0 Å². The molecule has 5 nitrogen and oxygen atoms in total. The largest absolute Gasteiger partial charge is 0.352 e. The molecule has 26 heavy (non-hydrogen) atoms. The lowest BCUT2D eigenvalue weighted by Crippen LogP contribution is -2.25. The molecule has 0 aliphatic heterocycles. The maximum atomic E-state index is 12.6. The molecule has 0 fully saturated rings. The third-order valence-electron chi connectivity index (χ3n) is 3.86. The lowest BCUT2D eigenvalue weighted by Gasteiger charge is -2.13. The van der Waals surface area contributed by atoms with Gasteiger partial charge in [0.05, 0.1) is 15.6 Å². The number of sulfonamides is 1. The van der Waals surface area contributed by atoms with Gasteiger partial charge in [-0.3, -0.25) is 9.52 Å². The third kappa shape index (κ3) is 5.22. The molecule has 2 aromatic rings. The molecule has 0 radical (unpaired) electrons. The molecule has 2 aromatic carbocycles. The number of aryl methyl sites for hydroxylation is 1. The molecule has 0 aliphatic carbocycles. The molecule has 140 valence electrons. The second kappa shape index (κ2) is 8.56. The number of amides is 1. The van der Waals surface area contributed by atoms with E-state index in [1.165, 1.54) is 18.2 Å². The van der Waals surface area contributed by atoms with Crippen LogP contribution >= 0.6 is 11.6 Å². The van der Waals surface area contributed by atoms with E-state index < -0.39 is 10.0 Å². The van der Waals surface area contributed by atoms with Crippen molar-refractivity contribution in [1.29, 1.82) is 0 Å². The Kier molecular flexibility index (Phi) is 6.67. The molecule has 0 saturated carbocycles. The second-order valence-electron chi connectivity index (χ2n) is 6.50. The van der Waals surface area contributed by atoms with Crippen molar-refractivity contribution in [3.63, 3.8) is 0 Å². The number of carbonyl (C=O) groups is 1. The summed E-state index contributed by atoms with van der Waals surface area (Å²) in [6.07, 6.45) is 0.867. The molecule has 0 spiro atoms. The van der Waals surface area contributed by atoms with Crippen LogP contribution in [-0.2, 0) is 10.0 Å². The highest BCUT2D eigenvalue weighted by atomic mass is 35.5. The van der Waals surface area contributed by atoms with Gasteiger partial charge >= 0.3 is 0 Å². The summed E-state index contributed by atoms with van der Waals surface area (Å²) in [6.45, 7) is 6.43. The van der Waals surface area contributed by atoms with Gasteiger partial charge in [-0.15, -0.1) is 0 Å². The smallest absolute Gasteiger partial charge is 0.262 e. The van der Waals surface area contributed by atoms with Crippen LogP contribution in [0.15, 0.2) is 47.4 Å². The number of carbonyl (C=O) groups excluding carboxylic acids is 1. The fraction of sp³-hybridized carbons (Fsp3) is 0.316. The molecule has 0 aliphatic rings. The van der Waals surface area contributed by atoms with Gasteiger partial charge in [0.1, 0.15) is 0 Å². The van der Waals surface area contributed by atoms with E-state index in [0.717, 1.165) is 6.42 Å². The van der Waals surface area contributed by atoms with Gasteiger partial charge in [0.2, 0.25) is 0 Å². The van der Waals surface area contributed by atoms with E-state index in [-0.39, 0.29) is 21.5 Å². The summed E-state index contributed by atoms with van der Waals surface area (Å²) in [6, 6.07) is 11.2. The van der Waals surface area contributed by atoms with Crippen LogP contribution in [-0.4, -0.2) is 20.9 Å². The predicted molar refractivity (Wildman–Crippen MR) is 105 cm³/mol. The highest BCUT2D eigenvalue weighted by molar-refractivity contribution is 7.92. The lowest BCUT2D eigenvalue weighted by atomic mass is 10.1. The Morgan fingerprint density at radius 1 is 1.15 bits per heavy atom. The van der Waals surface area contributed by atoms with E-state index in [1.807, 2.05) is 0 Å². The van der Waals surface area contributed by atoms with Crippen molar-refractivity contribution in [2.24, 2.45) is 5.92 Å². The molecule has 1 amide bonds. The number of rotatable bonds is 7. The van der Waals surface area contributed by atoms with Gasteiger partial charge in [-0.1, -0.05) is 43.6 Å². The Morgan fingerprint density at radius 2 is 1.85 bits per heavy atom. The van der Waals surface area contributed by atoms with Gasteiger partial charge in [-0.05, 0) is 49.1 Å². The topological polar surface area (TPSA) is 75.3 Å². The Balaban J connectivity index is 2.22. The summed E-state index contributed by atoms with van der Waals surface area (Å²) in [5.41, 5.74) is 1.14. The monoisotopic (exact) mass is 394 g/mol. The Labute approximate surface area is 159 Å². The summed E-state index contributed by atoms with van der Waals surface area (Å²) < 4.78 is 27.7. The standard InChI is InChI=1S/C19H23ClN2O3S/c1-13(2)10-11-21-19(23)15-8-9-16(20)17(12-15)22-26(24,25)18-7-5-4-6-14(18)3/h4-9,12-13,22H,10-11H2,1-3H3,(H,21,23). The van der Waals surface area contributed by atoms with Crippen molar-refractivity contribution >= 4 is 33.2 Å². The van der Waals surface area contributed by atoms with Crippen LogP contribution in [0.1, 0.15) is 36.2 Å². The number of benzene rings is 2. The molecule has 2 rings (SSSR count). The van der Waals surface area contributed by atoms with Gasteiger partial charge in [0, 0.05) is 12.1 Å². The summed E-state index contributed by atoms with van der Waals surface area (Å²) in [7, 11) is -3.80. The van der Waals surface area contributed by atoms with Gasteiger partial charge in [-0.25, -0.2) is 8.42 Å². The first-order chi connectivity index (χ1) is 12.2. The van der Waals surface area contributed by atoms with Crippen LogP contribution in [0.4, 0.5) is 5.69 Å². The van der Waals surface area contributed by atoms with E-state index in [0.29, 0.717) is 23.6 Å². The predicted octanol–water partition coefficient (Wildman–Crippen LogP) is 4.23. The third-order valence-corrected chi connectivity index (χ3v) is 5.72. The summed E-state index contributed by atoms with van der Waals surface area (Å²) >= 11 is 6.12. The molecule has 7 heteroatoms. The molecule has 0 bridgehead atoms. The first-order valence-electron chi connectivity index (χ1n) is 8.37. The molecule has 0 atom stereocenters. The minimum atomic E-state index is -3.80. The normalized spacial score (nSPS) is 11.4. The molecule has 0 aromatic heterocycles. The van der Waals surface area contributed by atoms with Crippen molar-refractivity contribution in [2.45, 2.75) is 32.1 Å². The number of hydrogen-bond donors (Lipinski definition) is 2. The Hall–Kier alpha value is -2.05.